The van der Waals surface area contributed by atoms with Crippen molar-refractivity contribution in [2.45, 2.75) is 58.4 Å². The largest absolute Gasteiger partial charge is 0.328 e. The van der Waals surface area contributed by atoms with E-state index in [4.69, 9.17) is 5.73 Å². The normalized spacial score (nSPS) is 25.6. The maximum absolute atomic E-state index is 6.13. The second-order valence-electron chi connectivity index (χ2n) is 5.77. The van der Waals surface area contributed by atoms with E-state index >= 15 is 0 Å². The topological polar surface area (TPSA) is 26.0 Å². The van der Waals surface area contributed by atoms with Crippen molar-refractivity contribution >= 4 is 0 Å². The van der Waals surface area contributed by atoms with E-state index in [1.54, 1.807) is 0 Å². The van der Waals surface area contributed by atoms with E-state index in [-0.39, 0.29) is 0 Å². The number of rotatable bonds is 2. The predicted molar refractivity (Wildman–Crippen MR) is 74.2 cm³/mol. The minimum absolute atomic E-state index is 0.439. The zero-order valence-corrected chi connectivity index (χ0v) is 11.2. The van der Waals surface area contributed by atoms with Crippen LogP contribution in [0.4, 0.5) is 0 Å². The van der Waals surface area contributed by atoms with E-state index in [9.17, 15) is 0 Å². The van der Waals surface area contributed by atoms with E-state index < -0.39 is 0 Å². The highest BCUT2D eigenvalue weighted by atomic mass is 14.6. The summed E-state index contributed by atoms with van der Waals surface area (Å²) in [5, 5.41) is 0. The highest BCUT2D eigenvalue weighted by Gasteiger charge is 2.17. The minimum Gasteiger partial charge on any atom is -0.328 e. The van der Waals surface area contributed by atoms with Gasteiger partial charge in [-0.1, -0.05) is 37.5 Å². The molecule has 2 unspecified atom stereocenters. The molecule has 1 aliphatic carbocycles. The van der Waals surface area contributed by atoms with Crippen molar-refractivity contribution in [3.8, 4) is 0 Å². The third-order valence-electron chi connectivity index (χ3n) is 4.17. The molecule has 0 saturated heterocycles. The summed E-state index contributed by atoms with van der Waals surface area (Å²) in [5.74, 6) is 0.801. The van der Waals surface area contributed by atoms with Crippen molar-refractivity contribution < 1.29 is 0 Å². The monoisotopic (exact) mass is 231 g/mol. The molecule has 2 N–H and O–H groups in total. The van der Waals surface area contributed by atoms with Gasteiger partial charge in [0.05, 0.1) is 0 Å². The molecule has 94 valence electrons. The molecule has 0 heterocycles. The molecule has 1 saturated carbocycles. The molecule has 2 atom stereocenters. The maximum Gasteiger partial charge on any atom is 0.00415 e. The Morgan fingerprint density at radius 2 is 1.88 bits per heavy atom. The van der Waals surface area contributed by atoms with Crippen molar-refractivity contribution in [3.63, 3.8) is 0 Å². The summed E-state index contributed by atoms with van der Waals surface area (Å²) in [6.07, 6.45) is 7.71. The molecule has 1 aromatic carbocycles. The van der Waals surface area contributed by atoms with Crippen LogP contribution < -0.4 is 5.73 Å². The molecule has 0 aliphatic heterocycles. The van der Waals surface area contributed by atoms with Crippen molar-refractivity contribution in [2.75, 3.05) is 0 Å². The Morgan fingerprint density at radius 3 is 2.65 bits per heavy atom. The standard InChI is InChI=1S/C16H25N/c1-12-7-8-15(9-13(12)2)10-14-5-3-4-6-16(17)11-14/h7-9,14,16H,3-6,10-11,17H2,1-2H3. The average Bonchev–Trinajstić information content (AvgIpc) is 2.48. The molecular formula is C16H25N. The van der Waals surface area contributed by atoms with Crippen molar-refractivity contribution in [2.24, 2.45) is 11.7 Å². The first-order chi connectivity index (χ1) is 8.15. The molecule has 1 fully saturated rings. The molecule has 1 nitrogen and oxygen atoms in total. The van der Waals surface area contributed by atoms with Gasteiger partial charge >= 0.3 is 0 Å². The van der Waals surface area contributed by atoms with E-state index in [0.717, 1.165) is 5.92 Å². The summed E-state index contributed by atoms with van der Waals surface area (Å²) in [6, 6.07) is 7.33. The third-order valence-corrected chi connectivity index (χ3v) is 4.17. The van der Waals surface area contributed by atoms with Crippen LogP contribution in [0.2, 0.25) is 0 Å². The lowest BCUT2D eigenvalue weighted by Crippen LogP contribution is -2.22. The SMILES string of the molecule is Cc1ccc(CC2CCCCC(N)C2)cc1C. The molecule has 0 amide bonds. The number of aryl methyl sites for hydroxylation is 2. The lowest BCUT2D eigenvalue weighted by molar-refractivity contribution is 0.431. The fourth-order valence-corrected chi connectivity index (χ4v) is 2.95. The fourth-order valence-electron chi connectivity index (χ4n) is 2.95. The van der Waals surface area contributed by atoms with Crippen molar-refractivity contribution in [1.82, 2.24) is 0 Å². The van der Waals surface area contributed by atoms with Crippen LogP contribution in [0, 0.1) is 19.8 Å². The van der Waals surface area contributed by atoms with Crippen LogP contribution in [-0.4, -0.2) is 6.04 Å². The van der Waals surface area contributed by atoms with Gasteiger partial charge in [0.2, 0.25) is 0 Å². The number of nitrogens with two attached hydrogens (primary N) is 1. The molecule has 17 heavy (non-hydrogen) atoms. The highest BCUT2D eigenvalue weighted by Crippen LogP contribution is 2.26. The fraction of sp³-hybridized carbons (Fsp3) is 0.625. The van der Waals surface area contributed by atoms with Gasteiger partial charge in [0, 0.05) is 6.04 Å². The first-order valence-corrected chi connectivity index (χ1v) is 6.97. The van der Waals surface area contributed by atoms with E-state index in [1.807, 2.05) is 0 Å². The Labute approximate surface area is 105 Å². The number of benzene rings is 1. The van der Waals surface area contributed by atoms with Crippen LogP contribution in [0.15, 0.2) is 18.2 Å². The van der Waals surface area contributed by atoms with Gasteiger partial charge in [-0.15, -0.1) is 0 Å². The van der Waals surface area contributed by atoms with Crippen LogP contribution >= 0.6 is 0 Å². The summed E-state index contributed by atoms with van der Waals surface area (Å²) >= 11 is 0. The minimum atomic E-state index is 0.439. The van der Waals surface area contributed by atoms with E-state index in [2.05, 4.69) is 32.0 Å². The Hall–Kier alpha value is -0.820. The van der Waals surface area contributed by atoms with Crippen LogP contribution in [0.1, 0.15) is 48.8 Å². The molecule has 1 heteroatoms. The highest BCUT2D eigenvalue weighted by molar-refractivity contribution is 5.30. The Bertz CT molecular complexity index is 370. The Kier molecular flexibility index (Phi) is 4.22. The number of hydrogen-bond acceptors (Lipinski definition) is 1. The lowest BCUT2D eigenvalue weighted by Gasteiger charge is -2.17. The van der Waals surface area contributed by atoms with Gasteiger partial charge in [-0.25, -0.2) is 0 Å². The molecule has 1 aromatic rings. The molecule has 0 radical (unpaired) electrons. The summed E-state index contributed by atoms with van der Waals surface area (Å²) in [4.78, 5) is 0. The Morgan fingerprint density at radius 1 is 1.12 bits per heavy atom. The van der Waals surface area contributed by atoms with Crippen LogP contribution in [-0.2, 0) is 6.42 Å². The van der Waals surface area contributed by atoms with Crippen LogP contribution in [0.5, 0.6) is 0 Å². The molecule has 0 aromatic heterocycles. The molecular weight excluding hydrogens is 206 g/mol. The van der Waals surface area contributed by atoms with E-state index in [1.165, 1.54) is 55.2 Å². The van der Waals surface area contributed by atoms with Gasteiger partial charge in [-0.2, -0.15) is 0 Å². The quantitative estimate of drug-likeness (QED) is 0.771. The van der Waals surface area contributed by atoms with Gasteiger partial charge in [0.15, 0.2) is 0 Å². The van der Waals surface area contributed by atoms with Gasteiger partial charge in [0.25, 0.3) is 0 Å². The first-order valence-electron chi connectivity index (χ1n) is 6.97. The maximum atomic E-state index is 6.13. The third kappa shape index (κ3) is 3.57. The predicted octanol–water partition coefficient (Wildman–Crippen LogP) is 3.75. The summed E-state index contributed by atoms with van der Waals surface area (Å²) in [5.41, 5.74) is 10.4. The summed E-state index contributed by atoms with van der Waals surface area (Å²) in [7, 11) is 0. The smallest absolute Gasteiger partial charge is 0.00415 e. The second kappa shape index (κ2) is 5.68. The molecule has 0 spiro atoms. The zero-order chi connectivity index (χ0) is 12.3. The first kappa shape index (κ1) is 12.6. The van der Waals surface area contributed by atoms with Gasteiger partial charge < -0.3 is 5.73 Å². The van der Waals surface area contributed by atoms with Gasteiger partial charge in [-0.3, -0.25) is 0 Å². The average molecular weight is 231 g/mol. The Balaban J connectivity index is 2.01. The zero-order valence-electron chi connectivity index (χ0n) is 11.2. The molecule has 0 bridgehead atoms. The molecule has 2 rings (SSSR count). The van der Waals surface area contributed by atoms with Crippen LogP contribution in [0.3, 0.4) is 0 Å². The summed E-state index contributed by atoms with van der Waals surface area (Å²) < 4.78 is 0. The van der Waals surface area contributed by atoms with E-state index in [0.29, 0.717) is 6.04 Å². The second-order valence-corrected chi connectivity index (χ2v) is 5.77. The van der Waals surface area contributed by atoms with Crippen LogP contribution in [0.25, 0.3) is 0 Å². The van der Waals surface area contributed by atoms with Gasteiger partial charge in [0.1, 0.15) is 0 Å². The molecule has 1 aliphatic rings. The summed E-state index contributed by atoms with van der Waals surface area (Å²) in [6.45, 7) is 4.39. The van der Waals surface area contributed by atoms with Crippen molar-refractivity contribution in [3.05, 3.63) is 34.9 Å². The number of hydrogen-bond donors (Lipinski definition) is 1. The lowest BCUT2D eigenvalue weighted by atomic mass is 9.90. The van der Waals surface area contributed by atoms with Gasteiger partial charge in [-0.05, 0) is 55.7 Å². The van der Waals surface area contributed by atoms with Crippen molar-refractivity contribution in [1.29, 1.82) is 0 Å².